The Morgan fingerprint density at radius 3 is 2.44 bits per heavy atom. The molecule has 1 aliphatic rings. The Balaban J connectivity index is 1.69. The summed E-state index contributed by atoms with van der Waals surface area (Å²) in [6.07, 6.45) is 2.37. The predicted octanol–water partition coefficient (Wildman–Crippen LogP) is 0.966. The van der Waals surface area contributed by atoms with Gasteiger partial charge in [0.2, 0.25) is 18.3 Å². The van der Waals surface area contributed by atoms with E-state index in [1.54, 1.807) is 29.2 Å². The summed E-state index contributed by atoms with van der Waals surface area (Å²) in [5.41, 5.74) is 1.38. The molecule has 1 aromatic heterocycles. The first-order valence-electron chi connectivity index (χ1n) is 8.51. The number of hydrogen-bond donors (Lipinski definition) is 2. The first kappa shape index (κ1) is 18.3. The molecule has 2 heterocycles. The lowest BCUT2D eigenvalue weighted by molar-refractivity contribution is -0.118. The standard InChI is InChI=1S/C18H20N6O3/c1-13(26)20-14-3-2-4-15(11-14)21-17(27)16-5-6-19-18(22-16)24-9-7-23(12-25)8-10-24/h2-6,11-12H,7-10H2,1H3,(H,20,26)(H,21,27). The van der Waals surface area contributed by atoms with Crippen LogP contribution in [0, 0.1) is 0 Å². The molecule has 2 aromatic rings. The highest BCUT2D eigenvalue weighted by atomic mass is 16.2. The van der Waals surface area contributed by atoms with Crippen LogP contribution >= 0.6 is 0 Å². The highest BCUT2D eigenvalue weighted by Gasteiger charge is 2.19. The van der Waals surface area contributed by atoms with Crippen LogP contribution in [0.1, 0.15) is 17.4 Å². The largest absolute Gasteiger partial charge is 0.342 e. The van der Waals surface area contributed by atoms with Gasteiger partial charge in [-0.1, -0.05) is 6.07 Å². The quantitative estimate of drug-likeness (QED) is 0.762. The molecule has 140 valence electrons. The first-order valence-corrected chi connectivity index (χ1v) is 8.51. The van der Waals surface area contributed by atoms with E-state index in [1.807, 2.05) is 4.90 Å². The van der Waals surface area contributed by atoms with Gasteiger partial charge in [-0.2, -0.15) is 0 Å². The molecule has 1 aromatic carbocycles. The van der Waals surface area contributed by atoms with Crippen molar-refractivity contribution in [2.75, 3.05) is 41.7 Å². The second-order valence-corrected chi connectivity index (χ2v) is 6.09. The van der Waals surface area contributed by atoms with Gasteiger partial charge in [0.05, 0.1) is 0 Å². The molecule has 9 nitrogen and oxygen atoms in total. The van der Waals surface area contributed by atoms with Crippen molar-refractivity contribution >= 4 is 35.5 Å². The highest BCUT2D eigenvalue weighted by molar-refractivity contribution is 6.03. The van der Waals surface area contributed by atoms with Crippen LogP contribution in [0.25, 0.3) is 0 Å². The highest BCUT2D eigenvalue weighted by Crippen LogP contribution is 2.16. The number of carbonyl (C=O) groups excluding carboxylic acids is 3. The van der Waals surface area contributed by atoms with Crippen molar-refractivity contribution in [2.45, 2.75) is 6.92 Å². The summed E-state index contributed by atoms with van der Waals surface area (Å²) in [5, 5.41) is 5.43. The lowest BCUT2D eigenvalue weighted by Gasteiger charge is -2.32. The zero-order valence-electron chi connectivity index (χ0n) is 14.9. The third kappa shape index (κ3) is 4.78. The molecule has 1 saturated heterocycles. The van der Waals surface area contributed by atoms with E-state index in [-0.39, 0.29) is 17.5 Å². The Hall–Kier alpha value is -3.49. The third-order valence-corrected chi connectivity index (χ3v) is 4.06. The van der Waals surface area contributed by atoms with Gasteiger partial charge in [0.1, 0.15) is 5.69 Å². The van der Waals surface area contributed by atoms with Crippen LogP contribution in [0.5, 0.6) is 0 Å². The van der Waals surface area contributed by atoms with Crippen molar-refractivity contribution in [1.82, 2.24) is 14.9 Å². The fraction of sp³-hybridized carbons (Fsp3) is 0.278. The lowest BCUT2D eigenvalue weighted by atomic mass is 10.2. The maximum atomic E-state index is 12.5. The molecule has 0 radical (unpaired) electrons. The third-order valence-electron chi connectivity index (χ3n) is 4.06. The smallest absolute Gasteiger partial charge is 0.274 e. The topological polar surface area (TPSA) is 108 Å². The minimum absolute atomic E-state index is 0.186. The summed E-state index contributed by atoms with van der Waals surface area (Å²) in [7, 11) is 0. The molecule has 0 aliphatic carbocycles. The number of amides is 3. The van der Waals surface area contributed by atoms with Gasteiger partial charge in [0, 0.05) is 50.7 Å². The van der Waals surface area contributed by atoms with Gasteiger partial charge in [-0.25, -0.2) is 9.97 Å². The Bertz CT molecular complexity index is 848. The van der Waals surface area contributed by atoms with E-state index in [2.05, 4.69) is 20.6 Å². The Kier molecular flexibility index (Phi) is 5.60. The molecule has 0 unspecified atom stereocenters. The molecule has 0 atom stereocenters. The maximum Gasteiger partial charge on any atom is 0.274 e. The summed E-state index contributed by atoms with van der Waals surface area (Å²) in [5.74, 6) is -0.0982. The molecular weight excluding hydrogens is 348 g/mol. The monoisotopic (exact) mass is 368 g/mol. The van der Waals surface area contributed by atoms with Gasteiger partial charge in [-0.15, -0.1) is 0 Å². The zero-order valence-corrected chi connectivity index (χ0v) is 14.9. The number of aromatic nitrogens is 2. The minimum Gasteiger partial charge on any atom is -0.342 e. The van der Waals surface area contributed by atoms with Crippen molar-refractivity contribution in [3.8, 4) is 0 Å². The van der Waals surface area contributed by atoms with E-state index in [4.69, 9.17) is 0 Å². The molecule has 0 bridgehead atoms. The van der Waals surface area contributed by atoms with E-state index < -0.39 is 0 Å². The number of anilines is 3. The number of benzene rings is 1. The zero-order chi connectivity index (χ0) is 19.2. The van der Waals surface area contributed by atoms with Crippen molar-refractivity contribution in [1.29, 1.82) is 0 Å². The van der Waals surface area contributed by atoms with E-state index in [9.17, 15) is 14.4 Å². The number of nitrogens with one attached hydrogen (secondary N) is 2. The summed E-state index contributed by atoms with van der Waals surface area (Å²) < 4.78 is 0. The van der Waals surface area contributed by atoms with Gasteiger partial charge in [-0.3, -0.25) is 14.4 Å². The van der Waals surface area contributed by atoms with Crippen LogP contribution in [-0.2, 0) is 9.59 Å². The summed E-state index contributed by atoms with van der Waals surface area (Å²) >= 11 is 0. The molecular formula is C18H20N6O3. The summed E-state index contributed by atoms with van der Waals surface area (Å²) in [4.78, 5) is 46.7. The molecule has 2 N–H and O–H groups in total. The van der Waals surface area contributed by atoms with Gasteiger partial charge >= 0.3 is 0 Å². The number of nitrogens with zero attached hydrogens (tertiary/aromatic N) is 4. The molecule has 27 heavy (non-hydrogen) atoms. The molecule has 3 amide bonds. The molecule has 9 heteroatoms. The van der Waals surface area contributed by atoms with Crippen molar-refractivity contribution in [3.63, 3.8) is 0 Å². The number of rotatable bonds is 5. The van der Waals surface area contributed by atoms with E-state index in [0.29, 0.717) is 43.5 Å². The average molecular weight is 368 g/mol. The molecule has 0 spiro atoms. The SMILES string of the molecule is CC(=O)Nc1cccc(NC(=O)c2ccnc(N3CCN(C=O)CC3)n2)c1. The first-order chi connectivity index (χ1) is 13.0. The maximum absolute atomic E-state index is 12.5. The Morgan fingerprint density at radius 2 is 1.78 bits per heavy atom. The average Bonchev–Trinajstić information content (AvgIpc) is 2.68. The number of carbonyl (C=O) groups is 3. The van der Waals surface area contributed by atoms with Crippen molar-refractivity contribution in [3.05, 3.63) is 42.2 Å². The van der Waals surface area contributed by atoms with Crippen LogP contribution in [0.15, 0.2) is 36.5 Å². The van der Waals surface area contributed by atoms with Crippen LogP contribution in [-0.4, -0.2) is 59.3 Å². The number of hydrogen-bond acceptors (Lipinski definition) is 6. The van der Waals surface area contributed by atoms with Crippen molar-refractivity contribution in [2.24, 2.45) is 0 Å². The summed E-state index contributed by atoms with van der Waals surface area (Å²) in [6.45, 7) is 3.84. The van der Waals surface area contributed by atoms with Crippen LogP contribution in [0.3, 0.4) is 0 Å². The second-order valence-electron chi connectivity index (χ2n) is 6.09. The van der Waals surface area contributed by atoms with Gasteiger partial charge in [0.25, 0.3) is 5.91 Å². The fourth-order valence-electron chi connectivity index (χ4n) is 2.73. The van der Waals surface area contributed by atoms with Crippen LogP contribution in [0.2, 0.25) is 0 Å². The Morgan fingerprint density at radius 1 is 1.07 bits per heavy atom. The van der Waals surface area contributed by atoms with E-state index in [0.717, 1.165) is 6.41 Å². The summed E-state index contributed by atoms with van der Waals surface area (Å²) in [6, 6.07) is 8.40. The second kappa shape index (κ2) is 8.26. The molecule has 1 aliphatic heterocycles. The fourth-order valence-corrected chi connectivity index (χ4v) is 2.73. The van der Waals surface area contributed by atoms with E-state index >= 15 is 0 Å². The van der Waals surface area contributed by atoms with E-state index in [1.165, 1.54) is 19.2 Å². The predicted molar refractivity (Wildman–Crippen MR) is 101 cm³/mol. The van der Waals surface area contributed by atoms with Crippen molar-refractivity contribution < 1.29 is 14.4 Å². The molecule has 1 fully saturated rings. The Labute approximate surface area is 156 Å². The van der Waals surface area contributed by atoms with Gasteiger partial charge in [-0.05, 0) is 24.3 Å². The minimum atomic E-state index is -0.370. The lowest BCUT2D eigenvalue weighted by Crippen LogP contribution is -2.46. The van der Waals surface area contributed by atoms with Crippen LogP contribution < -0.4 is 15.5 Å². The number of piperazine rings is 1. The van der Waals surface area contributed by atoms with Gasteiger partial charge < -0.3 is 20.4 Å². The normalized spacial score (nSPS) is 13.8. The molecule has 0 saturated carbocycles. The van der Waals surface area contributed by atoms with Gasteiger partial charge in [0.15, 0.2) is 0 Å². The van der Waals surface area contributed by atoms with Crippen LogP contribution in [0.4, 0.5) is 17.3 Å². The molecule has 3 rings (SSSR count).